The van der Waals surface area contributed by atoms with Crippen LogP contribution in [0.1, 0.15) is 23.7 Å². The number of aryl methyl sites for hydroxylation is 2. The highest BCUT2D eigenvalue weighted by molar-refractivity contribution is 5.15. The predicted octanol–water partition coefficient (Wildman–Crippen LogP) is 2.01. The molecule has 1 aliphatic rings. The number of rotatable bonds is 5. The molecular weight excluding hydrogens is 238 g/mol. The smallest absolute Gasteiger partial charge is 0.226 e. The molecule has 3 rings (SSSR count). The van der Waals surface area contributed by atoms with E-state index in [9.17, 15) is 0 Å². The fourth-order valence-electron chi connectivity index (χ4n) is 2.51. The molecule has 1 fully saturated rings. The van der Waals surface area contributed by atoms with Crippen molar-refractivity contribution in [3.05, 3.63) is 47.6 Å². The van der Waals surface area contributed by atoms with Crippen molar-refractivity contribution >= 4 is 0 Å². The van der Waals surface area contributed by atoms with E-state index in [0.29, 0.717) is 5.92 Å². The Kier molecular flexibility index (Phi) is 3.89. The van der Waals surface area contributed by atoms with Gasteiger partial charge in [0.1, 0.15) is 0 Å². The molecule has 0 aliphatic carbocycles. The molecule has 1 atom stereocenters. The molecule has 0 amide bonds. The van der Waals surface area contributed by atoms with Crippen LogP contribution in [-0.2, 0) is 19.3 Å². The third-order valence-electron chi connectivity index (χ3n) is 3.62. The Morgan fingerprint density at radius 1 is 1.21 bits per heavy atom. The van der Waals surface area contributed by atoms with Gasteiger partial charge in [0.25, 0.3) is 0 Å². The second-order valence-electron chi connectivity index (χ2n) is 5.15. The molecule has 4 heteroatoms. The Morgan fingerprint density at radius 2 is 2.11 bits per heavy atom. The lowest BCUT2D eigenvalue weighted by atomic mass is 10.1. The molecule has 100 valence electrons. The standard InChI is InChI=1S/C15H19N3O/c1-2-4-12(5-3-1)6-7-14-17-15(19-18-14)10-13-8-9-16-11-13/h1-5,13,16H,6-11H2. The number of hydrogen-bond acceptors (Lipinski definition) is 4. The number of nitrogens with one attached hydrogen (secondary N) is 1. The number of nitrogens with zero attached hydrogens (tertiary/aromatic N) is 2. The summed E-state index contributed by atoms with van der Waals surface area (Å²) < 4.78 is 5.33. The molecule has 2 aromatic rings. The van der Waals surface area contributed by atoms with E-state index in [-0.39, 0.29) is 0 Å². The maximum atomic E-state index is 5.33. The van der Waals surface area contributed by atoms with E-state index in [1.165, 1.54) is 12.0 Å². The first-order chi connectivity index (χ1) is 9.40. The third-order valence-corrected chi connectivity index (χ3v) is 3.62. The van der Waals surface area contributed by atoms with E-state index in [1.54, 1.807) is 0 Å². The molecule has 1 saturated heterocycles. The van der Waals surface area contributed by atoms with Crippen LogP contribution in [0.15, 0.2) is 34.9 Å². The Morgan fingerprint density at radius 3 is 2.89 bits per heavy atom. The fraction of sp³-hybridized carbons (Fsp3) is 0.467. The molecule has 0 saturated carbocycles. The van der Waals surface area contributed by atoms with Crippen LogP contribution in [0, 0.1) is 5.92 Å². The van der Waals surface area contributed by atoms with Crippen molar-refractivity contribution in [2.45, 2.75) is 25.7 Å². The van der Waals surface area contributed by atoms with Gasteiger partial charge in [-0.05, 0) is 37.4 Å². The molecule has 4 nitrogen and oxygen atoms in total. The van der Waals surface area contributed by atoms with Crippen LogP contribution in [0.3, 0.4) is 0 Å². The average Bonchev–Trinajstić information content (AvgIpc) is 3.10. The summed E-state index contributed by atoms with van der Waals surface area (Å²) in [6.07, 6.45) is 3.92. The van der Waals surface area contributed by atoms with Gasteiger partial charge in [-0.3, -0.25) is 0 Å². The van der Waals surface area contributed by atoms with E-state index in [2.05, 4.69) is 39.7 Å². The summed E-state index contributed by atoms with van der Waals surface area (Å²) in [4.78, 5) is 4.48. The lowest BCUT2D eigenvalue weighted by Crippen LogP contribution is -2.10. The summed E-state index contributed by atoms with van der Waals surface area (Å²) in [5, 5.41) is 7.42. The highest BCUT2D eigenvalue weighted by Gasteiger charge is 2.18. The molecule has 0 bridgehead atoms. The van der Waals surface area contributed by atoms with Crippen molar-refractivity contribution < 1.29 is 4.52 Å². The third kappa shape index (κ3) is 3.41. The Balaban J connectivity index is 1.53. The highest BCUT2D eigenvalue weighted by Crippen LogP contribution is 2.14. The van der Waals surface area contributed by atoms with E-state index in [1.807, 2.05) is 6.07 Å². The summed E-state index contributed by atoms with van der Waals surface area (Å²) in [5.74, 6) is 2.27. The minimum absolute atomic E-state index is 0.655. The van der Waals surface area contributed by atoms with E-state index in [4.69, 9.17) is 4.52 Å². The summed E-state index contributed by atoms with van der Waals surface area (Å²) in [5.41, 5.74) is 1.31. The molecule has 1 aromatic heterocycles. The van der Waals surface area contributed by atoms with Gasteiger partial charge < -0.3 is 9.84 Å². The lowest BCUT2D eigenvalue weighted by Gasteiger charge is -2.01. The fourth-order valence-corrected chi connectivity index (χ4v) is 2.51. The molecule has 1 unspecified atom stereocenters. The van der Waals surface area contributed by atoms with Crippen molar-refractivity contribution in [3.8, 4) is 0 Å². The van der Waals surface area contributed by atoms with Crippen molar-refractivity contribution in [2.24, 2.45) is 5.92 Å². The Bertz CT molecular complexity index is 503. The maximum absolute atomic E-state index is 5.33. The Labute approximate surface area is 113 Å². The second-order valence-corrected chi connectivity index (χ2v) is 5.15. The number of hydrogen-bond donors (Lipinski definition) is 1. The first kappa shape index (κ1) is 12.4. The van der Waals surface area contributed by atoms with Crippen molar-refractivity contribution in [1.82, 2.24) is 15.5 Å². The average molecular weight is 257 g/mol. The van der Waals surface area contributed by atoms with Crippen LogP contribution < -0.4 is 5.32 Å². The summed E-state index contributed by atoms with van der Waals surface area (Å²) in [6, 6.07) is 10.4. The quantitative estimate of drug-likeness (QED) is 0.890. The Hall–Kier alpha value is -1.68. The second kappa shape index (κ2) is 5.97. The minimum Gasteiger partial charge on any atom is -0.339 e. The van der Waals surface area contributed by atoms with E-state index >= 15 is 0 Å². The zero-order valence-corrected chi connectivity index (χ0v) is 11.0. The highest BCUT2D eigenvalue weighted by atomic mass is 16.5. The molecule has 0 spiro atoms. The van der Waals surface area contributed by atoms with Gasteiger partial charge in [0, 0.05) is 12.8 Å². The van der Waals surface area contributed by atoms with Gasteiger partial charge in [-0.15, -0.1) is 0 Å². The largest absolute Gasteiger partial charge is 0.339 e. The van der Waals surface area contributed by atoms with Crippen LogP contribution in [-0.4, -0.2) is 23.2 Å². The van der Waals surface area contributed by atoms with Gasteiger partial charge in [-0.25, -0.2) is 0 Å². The SMILES string of the molecule is c1ccc(CCc2noc(CC3CCNC3)n2)cc1. The molecule has 1 aromatic carbocycles. The molecule has 1 aliphatic heterocycles. The number of benzene rings is 1. The topological polar surface area (TPSA) is 51.0 Å². The van der Waals surface area contributed by atoms with Crippen molar-refractivity contribution in [1.29, 1.82) is 0 Å². The molecular formula is C15H19N3O. The zero-order chi connectivity index (χ0) is 12.9. The summed E-state index contributed by atoms with van der Waals surface area (Å²) in [6.45, 7) is 2.18. The monoisotopic (exact) mass is 257 g/mol. The molecule has 2 heterocycles. The van der Waals surface area contributed by atoms with E-state index in [0.717, 1.165) is 44.1 Å². The maximum Gasteiger partial charge on any atom is 0.226 e. The first-order valence-electron chi connectivity index (χ1n) is 6.96. The van der Waals surface area contributed by atoms with Crippen LogP contribution >= 0.6 is 0 Å². The van der Waals surface area contributed by atoms with Gasteiger partial charge in [-0.2, -0.15) is 4.98 Å². The van der Waals surface area contributed by atoms with Crippen molar-refractivity contribution in [2.75, 3.05) is 13.1 Å². The zero-order valence-electron chi connectivity index (χ0n) is 11.0. The van der Waals surface area contributed by atoms with Crippen LogP contribution in [0.2, 0.25) is 0 Å². The summed E-state index contributed by atoms with van der Waals surface area (Å²) in [7, 11) is 0. The molecule has 1 N–H and O–H groups in total. The van der Waals surface area contributed by atoms with Gasteiger partial charge in [0.2, 0.25) is 5.89 Å². The normalized spacial score (nSPS) is 18.8. The van der Waals surface area contributed by atoms with Gasteiger partial charge in [0.15, 0.2) is 5.82 Å². The lowest BCUT2D eigenvalue weighted by molar-refractivity contribution is 0.353. The van der Waals surface area contributed by atoms with Gasteiger partial charge >= 0.3 is 0 Å². The van der Waals surface area contributed by atoms with Crippen LogP contribution in [0.25, 0.3) is 0 Å². The van der Waals surface area contributed by atoms with Crippen LogP contribution in [0.5, 0.6) is 0 Å². The van der Waals surface area contributed by atoms with E-state index < -0.39 is 0 Å². The minimum atomic E-state index is 0.655. The van der Waals surface area contributed by atoms with Crippen LogP contribution in [0.4, 0.5) is 0 Å². The van der Waals surface area contributed by atoms with Gasteiger partial charge in [0.05, 0.1) is 0 Å². The first-order valence-corrected chi connectivity index (χ1v) is 6.96. The van der Waals surface area contributed by atoms with Crippen molar-refractivity contribution in [3.63, 3.8) is 0 Å². The summed E-state index contributed by atoms with van der Waals surface area (Å²) >= 11 is 0. The van der Waals surface area contributed by atoms with Gasteiger partial charge in [-0.1, -0.05) is 35.5 Å². The number of aromatic nitrogens is 2. The molecule has 0 radical (unpaired) electrons. The predicted molar refractivity (Wildman–Crippen MR) is 72.8 cm³/mol. The molecule has 19 heavy (non-hydrogen) atoms.